The van der Waals surface area contributed by atoms with Crippen LogP contribution in [0.25, 0.3) is 33.2 Å². The van der Waals surface area contributed by atoms with Crippen LogP contribution in [-0.2, 0) is 0 Å². The van der Waals surface area contributed by atoms with Crippen molar-refractivity contribution in [2.45, 2.75) is 38.0 Å². The first-order valence-electron chi connectivity index (χ1n) is 12.5. The highest BCUT2D eigenvalue weighted by atomic mass is 16.5. The Hall–Kier alpha value is -3.73. The Kier molecular flexibility index (Phi) is 6.99. The van der Waals surface area contributed by atoms with Crippen LogP contribution in [0.5, 0.6) is 23.0 Å². The van der Waals surface area contributed by atoms with Gasteiger partial charge in [0.1, 0.15) is 0 Å². The average molecular weight is 484 g/mol. The normalized spacial score (nSPS) is 14.0. The maximum atomic E-state index is 5.81. The summed E-state index contributed by atoms with van der Waals surface area (Å²) in [6, 6.07) is 19.1. The number of aromatic nitrogens is 1. The molecule has 5 nitrogen and oxygen atoms in total. The van der Waals surface area contributed by atoms with E-state index in [4.69, 9.17) is 23.9 Å². The van der Waals surface area contributed by atoms with Gasteiger partial charge in [0.05, 0.1) is 34.0 Å². The fourth-order valence-electron chi connectivity index (χ4n) is 5.33. The van der Waals surface area contributed by atoms with Crippen LogP contribution in [0, 0.1) is 0 Å². The molecule has 0 radical (unpaired) electrons. The zero-order chi connectivity index (χ0) is 25.1. The van der Waals surface area contributed by atoms with Crippen molar-refractivity contribution in [3.63, 3.8) is 0 Å². The Labute approximate surface area is 213 Å². The van der Waals surface area contributed by atoms with E-state index < -0.39 is 0 Å². The molecule has 3 aromatic carbocycles. The zero-order valence-corrected chi connectivity index (χ0v) is 21.5. The van der Waals surface area contributed by atoms with Crippen molar-refractivity contribution in [1.82, 2.24) is 4.98 Å². The molecule has 0 spiro atoms. The van der Waals surface area contributed by atoms with E-state index in [9.17, 15) is 0 Å². The summed E-state index contributed by atoms with van der Waals surface area (Å²) in [5.74, 6) is 3.43. The van der Waals surface area contributed by atoms with E-state index in [-0.39, 0.29) is 0 Å². The molecular weight excluding hydrogens is 450 g/mol. The standard InChI is InChI=1S/C31H33NO4/c1-33-28-17-24-14-25(19-32-27(24)18-29(28)34-2)23-15-26(31(36-4)30(16-23)35-3)22-12-10-21(11-13-22)20-8-6-5-7-9-20/h10-20H,5-9H2,1-4H3. The maximum Gasteiger partial charge on any atom is 0.168 e. The van der Waals surface area contributed by atoms with Crippen molar-refractivity contribution in [3.8, 4) is 45.3 Å². The number of methoxy groups -OCH3 is 4. The lowest BCUT2D eigenvalue weighted by Crippen LogP contribution is -2.04. The molecule has 4 aromatic rings. The van der Waals surface area contributed by atoms with E-state index in [1.807, 2.05) is 24.4 Å². The van der Waals surface area contributed by atoms with Crippen LogP contribution in [0.15, 0.2) is 60.8 Å². The zero-order valence-electron chi connectivity index (χ0n) is 21.5. The second-order valence-corrected chi connectivity index (χ2v) is 9.34. The minimum absolute atomic E-state index is 0.662. The molecule has 0 amide bonds. The molecule has 0 bridgehead atoms. The Morgan fingerprint density at radius 2 is 1.33 bits per heavy atom. The molecule has 186 valence electrons. The lowest BCUT2D eigenvalue weighted by molar-refractivity contribution is 0.356. The highest BCUT2D eigenvalue weighted by molar-refractivity contribution is 5.88. The number of nitrogens with zero attached hydrogens (tertiary/aromatic N) is 1. The summed E-state index contributed by atoms with van der Waals surface area (Å²) in [4.78, 5) is 4.70. The van der Waals surface area contributed by atoms with Gasteiger partial charge in [0.2, 0.25) is 0 Å². The van der Waals surface area contributed by atoms with E-state index in [1.165, 1.54) is 37.7 Å². The molecule has 1 aromatic heterocycles. The van der Waals surface area contributed by atoms with Gasteiger partial charge in [-0.1, -0.05) is 43.5 Å². The fourth-order valence-corrected chi connectivity index (χ4v) is 5.33. The van der Waals surface area contributed by atoms with Gasteiger partial charge in [0.15, 0.2) is 23.0 Å². The third-order valence-corrected chi connectivity index (χ3v) is 7.30. The molecule has 36 heavy (non-hydrogen) atoms. The number of fused-ring (bicyclic) bond motifs is 1. The molecule has 1 aliphatic carbocycles. The topological polar surface area (TPSA) is 49.8 Å². The SMILES string of the molecule is COc1cc2cc(-c3cc(OC)c(OC)c(-c4ccc(C5CCCCC5)cc4)c3)cnc2cc1OC. The van der Waals surface area contributed by atoms with E-state index in [0.717, 1.165) is 38.9 Å². The molecule has 1 aliphatic rings. The summed E-state index contributed by atoms with van der Waals surface area (Å²) in [5, 5.41) is 0.971. The van der Waals surface area contributed by atoms with E-state index >= 15 is 0 Å². The van der Waals surface area contributed by atoms with Gasteiger partial charge >= 0.3 is 0 Å². The van der Waals surface area contributed by atoms with Crippen molar-refractivity contribution in [2.24, 2.45) is 0 Å². The molecule has 1 saturated carbocycles. The number of pyridine rings is 1. The van der Waals surface area contributed by atoms with Crippen LogP contribution >= 0.6 is 0 Å². The van der Waals surface area contributed by atoms with Crippen LogP contribution < -0.4 is 18.9 Å². The van der Waals surface area contributed by atoms with Crippen LogP contribution in [0.1, 0.15) is 43.6 Å². The minimum atomic E-state index is 0.662. The van der Waals surface area contributed by atoms with Gasteiger partial charge in [-0.3, -0.25) is 4.98 Å². The predicted octanol–water partition coefficient (Wildman–Crippen LogP) is 7.65. The van der Waals surface area contributed by atoms with Crippen molar-refractivity contribution in [1.29, 1.82) is 0 Å². The Balaban J connectivity index is 1.57. The first kappa shape index (κ1) is 24.0. The summed E-state index contributed by atoms with van der Waals surface area (Å²) in [6.07, 6.45) is 8.48. The monoisotopic (exact) mass is 483 g/mol. The highest BCUT2D eigenvalue weighted by Gasteiger charge is 2.18. The molecule has 5 heteroatoms. The second-order valence-electron chi connectivity index (χ2n) is 9.34. The largest absolute Gasteiger partial charge is 0.493 e. The number of rotatable bonds is 7. The van der Waals surface area contributed by atoms with Crippen LogP contribution in [0.4, 0.5) is 0 Å². The lowest BCUT2D eigenvalue weighted by atomic mass is 9.83. The molecule has 1 fully saturated rings. The molecule has 0 saturated heterocycles. The van der Waals surface area contributed by atoms with Gasteiger partial charge in [-0.2, -0.15) is 0 Å². The van der Waals surface area contributed by atoms with Crippen molar-refractivity contribution in [3.05, 3.63) is 66.4 Å². The van der Waals surface area contributed by atoms with Gasteiger partial charge in [0, 0.05) is 28.8 Å². The van der Waals surface area contributed by atoms with E-state index in [1.54, 1.807) is 28.4 Å². The number of hydrogen-bond donors (Lipinski definition) is 0. The Bertz CT molecular complexity index is 1360. The van der Waals surface area contributed by atoms with Crippen molar-refractivity contribution < 1.29 is 18.9 Å². The van der Waals surface area contributed by atoms with Gasteiger partial charge < -0.3 is 18.9 Å². The third kappa shape index (κ3) is 4.58. The number of benzene rings is 3. The minimum Gasteiger partial charge on any atom is -0.493 e. The highest BCUT2D eigenvalue weighted by Crippen LogP contribution is 2.43. The van der Waals surface area contributed by atoms with E-state index in [0.29, 0.717) is 23.2 Å². The van der Waals surface area contributed by atoms with Crippen LogP contribution in [0.2, 0.25) is 0 Å². The van der Waals surface area contributed by atoms with Crippen molar-refractivity contribution in [2.75, 3.05) is 28.4 Å². The third-order valence-electron chi connectivity index (χ3n) is 7.30. The predicted molar refractivity (Wildman–Crippen MR) is 145 cm³/mol. The van der Waals surface area contributed by atoms with Crippen LogP contribution in [-0.4, -0.2) is 33.4 Å². The summed E-state index contributed by atoms with van der Waals surface area (Å²) in [5.41, 5.74) is 6.36. The summed E-state index contributed by atoms with van der Waals surface area (Å²) >= 11 is 0. The quantitative estimate of drug-likeness (QED) is 0.270. The molecule has 1 heterocycles. The fraction of sp³-hybridized carbons (Fsp3) is 0.323. The number of hydrogen-bond acceptors (Lipinski definition) is 5. The first-order chi connectivity index (χ1) is 17.6. The number of ether oxygens (including phenoxy) is 4. The Morgan fingerprint density at radius 1 is 0.639 bits per heavy atom. The van der Waals surface area contributed by atoms with Gasteiger partial charge in [-0.05, 0) is 59.7 Å². The van der Waals surface area contributed by atoms with Crippen molar-refractivity contribution >= 4 is 10.9 Å². The average Bonchev–Trinajstić information content (AvgIpc) is 2.95. The summed E-state index contributed by atoms with van der Waals surface area (Å²) in [7, 11) is 6.63. The van der Waals surface area contributed by atoms with Gasteiger partial charge in [-0.15, -0.1) is 0 Å². The second kappa shape index (κ2) is 10.5. The lowest BCUT2D eigenvalue weighted by Gasteiger charge is -2.22. The summed E-state index contributed by atoms with van der Waals surface area (Å²) < 4.78 is 22.5. The smallest absolute Gasteiger partial charge is 0.168 e. The van der Waals surface area contributed by atoms with Gasteiger partial charge in [-0.25, -0.2) is 0 Å². The molecule has 0 unspecified atom stereocenters. The van der Waals surface area contributed by atoms with Crippen LogP contribution in [0.3, 0.4) is 0 Å². The molecule has 0 aliphatic heterocycles. The first-order valence-corrected chi connectivity index (χ1v) is 12.5. The van der Waals surface area contributed by atoms with E-state index in [2.05, 4.69) is 36.4 Å². The maximum absolute atomic E-state index is 5.81. The molecule has 0 N–H and O–H groups in total. The van der Waals surface area contributed by atoms with Gasteiger partial charge in [0.25, 0.3) is 0 Å². The molecule has 0 atom stereocenters. The molecule has 5 rings (SSSR count). The molecular formula is C31H33NO4. The summed E-state index contributed by atoms with van der Waals surface area (Å²) in [6.45, 7) is 0. The Morgan fingerprint density at radius 3 is 2.00 bits per heavy atom.